The quantitative estimate of drug-likeness (QED) is 0.0222. The maximum Gasteiger partial charge on any atom is 0.472 e. The Bertz CT molecular complexity index is 1720. The van der Waals surface area contributed by atoms with Crippen LogP contribution in [0.3, 0.4) is 0 Å². The van der Waals surface area contributed by atoms with Gasteiger partial charge in [0.05, 0.1) is 26.4 Å². The van der Waals surface area contributed by atoms with Gasteiger partial charge in [-0.25, -0.2) is 9.13 Å². The summed E-state index contributed by atoms with van der Waals surface area (Å²) in [7, 11) is -9.89. The first-order valence-electron chi connectivity index (χ1n) is 36.0. The smallest absolute Gasteiger partial charge is 0.462 e. The molecule has 6 atom stereocenters. The fraction of sp³-hybridized carbons (Fsp3) is 0.942. The molecule has 17 nitrogen and oxygen atoms in total. The number of aliphatic hydroxyl groups is 1. The van der Waals surface area contributed by atoms with Gasteiger partial charge in [-0.05, 0) is 37.5 Å². The third kappa shape index (κ3) is 61.6. The molecule has 0 amide bonds. The summed E-state index contributed by atoms with van der Waals surface area (Å²) < 4.78 is 68.2. The zero-order valence-corrected chi connectivity index (χ0v) is 58.8. The number of rotatable bonds is 68. The van der Waals surface area contributed by atoms with Gasteiger partial charge < -0.3 is 33.8 Å². The molecule has 19 heteroatoms. The molecule has 0 aliphatic rings. The highest BCUT2D eigenvalue weighted by atomic mass is 31.2. The van der Waals surface area contributed by atoms with Gasteiger partial charge >= 0.3 is 39.5 Å². The first-order chi connectivity index (χ1) is 42.4. The molecule has 3 N–H and O–H groups in total. The molecular weight excluding hydrogens is 1160 g/mol. The van der Waals surface area contributed by atoms with Crippen LogP contribution in [0, 0.1) is 11.8 Å². The Kier molecular flexibility index (Phi) is 59.9. The van der Waals surface area contributed by atoms with Gasteiger partial charge in [0.1, 0.15) is 19.3 Å². The number of phosphoric ester groups is 2. The van der Waals surface area contributed by atoms with Crippen molar-refractivity contribution in [1.29, 1.82) is 0 Å². The normalized spacial score (nSPS) is 14.5. The summed E-state index contributed by atoms with van der Waals surface area (Å²) in [5.74, 6) is -0.651. The molecule has 0 aromatic carbocycles. The van der Waals surface area contributed by atoms with E-state index in [0.29, 0.717) is 31.6 Å². The Morgan fingerprint density at radius 1 is 0.330 bits per heavy atom. The number of carbonyl (C=O) groups excluding carboxylic acids is 4. The zero-order chi connectivity index (χ0) is 65.0. The summed E-state index contributed by atoms with van der Waals surface area (Å²) in [4.78, 5) is 72.4. The van der Waals surface area contributed by atoms with Crippen molar-refractivity contribution in [3.63, 3.8) is 0 Å². The Balaban J connectivity index is 5.22. The van der Waals surface area contributed by atoms with Crippen molar-refractivity contribution in [3.05, 3.63) is 0 Å². The van der Waals surface area contributed by atoms with Gasteiger partial charge in [-0.2, -0.15) is 0 Å². The van der Waals surface area contributed by atoms with Crippen molar-refractivity contribution >= 4 is 39.5 Å². The van der Waals surface area contributed by atoms with Gasteiger partial charge in [-0.15, -0.1) is 0 Å². The number of carbonyl (C=O) groups is 4. The molecule has 0 rings (SSSR count). The minimum Gasteiger partial charge on any atom is -0.462 e. The minimum atomic E-state index is -4.95. The number of esters is 4. The Morgan fingerprint density at radius 3 is 0.864 bits per heavy atom. The summed E-state index contributed by atoms with van der Waals surface area (Å²) in [6.45, 7) is 9.46. The molecule has 0 aliphatic heterocycles. The average molecular weight is 1300 g/mol. The summed E-state index contributed by atoms with van der Waals surface area (Å²) in [6, 6.07) is 0. The van der Waals surface area contributed by atoms with Crippen LogP contribution >= 0.6 is 15.6 Å². The maximum absolute atomic E-state index is 13.0. The molecule has 3 unspecified atom stereocenters. The number of unbranched alkanes of at least 4 members (excludes halogenated alkanes) is 37. The van der Waals surface area contributed by atoms with Crippen LogP contribution in [-0.4, -0.2) is 96.7 Å². The van der Waals surface area contributed by atoms with E-state index in [9.17, 15) is 43.2 Å². The van der Waals surface area contributed by atoms with Gasteiger partial charge in [0.15, 0.2) is 12.2 Å². The van der Waals surface area contributed by atoms with Gasteiger partial charge in [-0.3, -0.25) is 37.3 Å². The molecule has 0 spiro atoms. The summed E-state index contributed by atoms with van der Waals surface area (Å²) >= 11 is 0. The predicted molar refractivity (Wildman–Crippen MR) is 354 cm³/mol. The number of hydrogen-bond donors (Lipinski definition) is 3. The molecule has 0 bridgehead atoms. The molecule has 0 heterocycles. The molecule has 0 saturated heterocycles. The molecule has 0 aromatic rings. The monoisotopic (exact) mass is 1300 g/mol. The number of aliphatic hydroxyl groups excluding tert-OH is 1. The van der Waals surface area contributed by atoms with Gasteiger partial charge in [0.2, 0.25) is 0 Å². The SMILES string of the molecule is CCCCCCCCCCCCCCCCCCC(=O)O[C@H](COC(=O)CCCCCCCCCCCCC(C)CC)COP(=O)(O)OC[C@@H](O)COP(=O)(O)OC[C@@H](COC(=O)CCCCCCCCCCC)OC(=O)CCCCCCCCC(C)C. The Morgan fingerprint density at radius 2 is 0.580 bits per heavy atom. The number of hydrogen-bond acceptors (Lipinski definition) is 15. The maximum atomic E-state index is 13.0. The highest BCUT2D eigenvalue weighted by Crippen LogP contribution is 2.45. The fourth-order valence-corrected chi connectivity index (χ4v) is 12.0. The van der Waals surface area contributed by atoms with Crippen molar-refractivity contribution in [1.82, 2.24) is 0 Å². The Labute approximate surface area is 537 Å². The van der Waals surface area contributed by atoms with E-state index in [4.69, 9.17) is 37.0 Å². The minimum absolute atomic E-state index is 0.102. The molecular formula is C69H134O17P2. The summed E-state index contributed by atoms with van der Waals surface area (Å²) in [6.07, 6.45) is 45.9. The number of ether oxygens (including phenoxy) is 4. The van der Waals surface area contributed by atoms with E-state index in [-0.39, 0.29) is 25.7 Å². The van der Waals surface area contributed by atoms with Gasteiger partial charge in [0, 0.05) is 25.7 Å². The molecule has 0 aromatic heterocycles. The van der Waals surface area contributed by atoms with Crippen molar-refractivity contribution in [3.8, 4) is 0 Å². The third-order valence-corrected chi connectivity index (χ3v) is 18.2. The summed E-state index contributed by atoms with van der Waals surface area (Å²) in [5.41, 5.74) is 0. The van der Waals surface area contributed by atoms with Crippen molar-refractivity contribution in [2.24, 2.45) is 11.8 Å². The first-order valence-corrected chi connectivity index (χ1v) is 39.0. The van der Waals surface area contributed by atoms with E-state index < -0.39 is 97.5 Å². The third-order valence-electron chi connectivity index (χ3n) is 16.3. The van der Waals surface area contributed by atoms with Crippen molar-refractivity contribution < 1.29 is 80.2 Å². The fourth-order valence-electron chi connectivity index (χ4n) is 10.4. The van der Waals surface area contributed by atoms with E-state index in [1.54, 1.807) is 0 Å². The lowest BCUT2D eigenvalue weighted by molar-refractivity contribution is -0.161. The predicted octanol–water partition coefficient (Wildman–Crippen LogP) is 19.6. The molecule has 0 radical (unpaired) electrons. The highest BCUT2D eigenvalue weighted by molar-refractivity contribution is 7.47. The molecule has 522 valence electrons. The van der Waals surface area contributed by atoms with Crippen LogP contribution in [0.4, 0.5) is 0 Å². The topological polar surface area (TPSA) is 237 Å². The second-order valence-corrected chi connectivity index (χ2v) is 28.5. The van der Waals surface area contributed by atoms with Crippen LogP contribution in [-0.2, 0) is 65.4 Å². The lowest BCUT2D eigenvalue weighted by atomic mass is 9.99. The zero-order valence-electron chi connectivity index (χ0n) is 57.0. The van der Waals surface area contributed by atoms with Gasteiger partial charge in [0.25, 0.3) is 0 Å². The van der Waals surface area contributed by atoms with Crippen LogP contribution in [0.15, 0.2) is 0 Å². The van der Waals surface area contributed by atoms with E-state index in [0.717, 1.165) is 95.8 Å². The average Bonchev–Trinajstić information content (AvgIpc) is 3.57. The molecule has 0 fully saturated rings. The van der Waals surface area contributed by atoms with Crippen molar-refractivity contribution in [2.75, 3.05) is 39.6 Å². The van der Waals surface area contributed by atoms with E-state index in [1.165, 1.54) is 167 Å². The van der Waals surface area contributed by atoms with E-state index in [1.807, 2.05) is 0 Å². The second kappa shape index (κ2) is 61.3. The Hall–Kier alpha value is -1.94. The van der Waals surface area contributed by atoms with Crippen LogP contribution in [0.1, 0.15) is 350 Å². The van der Waals surface area contributed by atoms with Crippen LogP contribution < -0.4 is 0 Å². The van der Waals surface area contributed by atoms with E-state index in [2.05, 4.69) is 41.5 Å². The lowest BCUT2D eigenvalue weighted by Gasteiger charge is -2.21. The number of phosphoric acid groups is 2. The molecule has 0 aliphatic carbocycles. The summed E-state index contributed by atoms with van der Waals surface area (Å²) in [5, 5.41) is 10.6. The standard InChI is InChI=1S/C69H134O17P2/c1-7-10-12-14-16-18-19-20-21-22-23-24-30-34-41-47-53-68(73)85-64(57-80-67(72)52-46-40-33-29-26-25-28-31-38-44-50-62(6)9-3)59-83-87(75,76)81-55-63(70)56-82-88(77,78)84-60-65(86-69(74)54-48-42-36-35-37-43-49-61(4)5)58-79-66(71)51-45-39-32-27-17-15-13-11-8-2/h61-65,70H,7-60H2,1-6H3,(H,75,76)(H,77,78)/t62?,63-,64-,65-/m1/s1. The van der Waals surface area contributed by atoms with Crippen LogP contribution in [0.5, 0.6) is 0 Å². The van der Waals surface area contributed by atoms with Gasteiger partial charge in [-0.1, -0.05) is 298 Å². The molecule has 0 saturated carbocycles. The van der Waals surface area contributed by atoms with Crippen LogP contribution in [0.25, 0.3) is 0 Å². The highest BCUT2D eigenvalue weighted by Gasteiger charge is 2.30. The molecule has 88 heavy (non-hydrogen) atoms. The van der Waals surface area contributed by atoms with Crippen molar-refractivity contribution in [2.45, 2.75) is 368 Å². The second-order valence-electron chi connectivity index (χ2n) is 25.6. The first kappa shape index (κ1) is 86.1. The van der Waals surface area contributed by atoms with Crippen LogP contribution in [0.2, 0.25) is 0 Å². The largest absolute Gasteiger partial charge is 0.472 e. The van der Waals surface area contributed by atoms with E-state index >= 15 is 0 Å². The lowest BCUT2D eigenvalue weighted by Crippen LogP contribution is -2.30.